The van der Waals surface area contributed by atoms with Crippen LogP contribution >= 0.6 is 0 Å². The number of rotatable bonds is 4. The average molecular weight is 276 g/mol. The molecule has 0 N–H and O–H groups in total. The number of Topliss-reactive ketones (excluding diaryl/α,β-unsaturated/α-hetero) is 1. The molecule has 0 aliphatic heterocycles. The molecule has 0 spiro atoms. The molecule has 0 amide bonds. The summed E-state index contributed by atoms with van der Waals surface area (Å²) in [6.45, 7) is 0. The van der Waals surface area contributed by atoms with E-state index in [4.69, 9.17) is 4.74 Å². The molecule has 0 saturated heterocycles. The van der Waals surface area contributed by atoms with E-state index in [1.165, 1.54) is 5.39 Å². The van der Waals surface area contributed by atoms with Crippen LogP contribution < -0.4 is 4.74 Å². The van der Waals surface area contributed by atoms with Crippen molar-refractivity contribution in [2.75, 3.05) is 7.11 Å². The van der Waals surface area contributed by atoms with Gasteiger partial charge < -0.3 is 4.74 Å². The fourth-order valence-electron chi connectivity index (χ4n) is 2.41. The van der Waals surface area contributed by atoms with Gasteiger partial charge in [0.05, 0.1) is 7.11 Å². The number of carbonyl (C=O) groups is 1. The van der Waals surface area contributed by atoms with Gasteiger partial charge in [-0.25, -0.2) is 0 Å². The Morgan fingerprint density at radius 2 is 1.62 bits per heavy atom. The van der Waals surface area contributed by atoms with Crippen LogP contribution in [0.1, 0.15) is 15.9 Å². The molecule has 0 aromatic heterocycles. The lowest BCUT2D eigenvalue weighted by Crippen LogP contribution is -2.03. The van der Waals surface area contributed by atoms with Gasteiger partial charge in [-0.3, -0.25) is 4.79 Å². The number of ether oxygens (including phenoxy) is 1. The van der Waals surface area contributed by atoms with Gasteiger partial charge >= 0.3 is 0 Å². The Morgan fingerprint density at radius 3 is 2.33 bits per heavy atom. The van der Waals surface area contributed by atoms with Gasteiger partial charge in [0.15, 0.2) is 5.78 Å². The highest BCUT2D eigenvalue weighted by atomic mass is 16.5. The van der Waals surface area contributed by atoms with Crippen molar-refractivity contribution in [2.45, 2.75) is 6.42 Å². The molecule has 104 valence electrons. The minimum absolute atomic E-state index is 0.118. The molecule has 0 saturated carbocycles. The number of methoxy groups -OCH3 is 1. The summed E-state index contributed by atoms with van der Waals surface area (Å²) < 4.78 is 5.10. The Morgan fingerprint density at radius 1 is 0.905 bits per heavy atom. The standard InChI is InChI=1S/C19H16O2/c1-21-18-10-8-16(9-11-18)19(20)13-14-6-7-15-4-2-3-5-17(15)12-14/h2-12H,13H2,1H3. The first-order valence-electron chi connectivity index (χ1n) is 6.91. The van der Waals surface area contributed by atoms with E-state index in [1.54, 1.807) is 7.11 Å². The number of ketones is 1. The molecule has 0 atom stereocenters. The summed E-state index contributed by atoms with van der Waals surface area (Å²) in [6.07, 6.45) is 0.414. The van der Waals surface area contributed by atoms with Crippen LogP contribution in [0.4, 0.5) is 0 Å². The number of benzene rings is 3. The van der Waals surface area contributed by atoms with Gasteiger partial charge in [0, 0.05) is 12.0 Å². The second-order valence-corrected chi connectivity index (χ2v) is 5.01. The second-order valence-electron chi connectivity index (χ2n) is 5.01. The Labute approximate surface area is 124 Å². The maximum atomic E-state index is 12.3. The third-order valence-electron chi connectivity index (χ3n) is 3.59. The van der Waals surface area contributed by atoms with Gasteiger partial charge in [0.25, 0.3) is 0 Å². The first kappa shape index (κ1) is 13.4. The highest BCUT2D eigenvalue weighted by molar-refractivity contribution is 5.98. The summed E-state index contributed by atoms with van der Waals surface area (Å²) in [4.78, 5) is 12.3. The van der Waals surface area contributed by atoms with Crippen LogP contribution in [0.15, 0.2) is 66.7 Å². The highest BCUT2D eigenvalue weighted by Gasteiger charge is 2.07. The molecule has 21 heavy (non-hydrogen) atoms. The van der Waals surface area contributed by atoms with Crippen LogP contribution in [0, 0.1) is 0 Å². The van der Waals surface area contributed by atoms with E-state index in [9.17, 15) is 4.79 Å². The summed E-state index contributed by atoms with van der Waals surface area (Å²) in [5.41, 5.74) is 1.75. The van der Waals surface area contributed by atoms with E-state index in [-0.39, 0.29) is 5.78 Å². The largest absolute Gasteiger partial charge is 0.497 e. The fourth-order valence-corrected chi connectivity index (χ4v) is 2.41. The van der Waals surface area contributed by atoms with Gasteiger partial charge in [0.1, 0.15) is 5.75 Å². The Balaban J connectivity index is 1.81. The van der Waals surface area contributed by atoms with E-state index < -0.39 is 0 Å². The predicted octanol–water partition coefficient (Wildman–Crippen LogP) is 4.27. The molecule has 3 rings (SSSR count). The number of fused-ring (bicyclic) bond motifs is 1. The zero-order valence-electron chi connectivity index (χ0n) is 11.9. The highest BCUT2D eigenvalue weighted by Crippen LogP contribution is 2.18. The summed E-state index contributed by atoms with van der Waals surface area (Å²) >= 11 is 0. The second kappa shape index (κ2) is 5.80. The van der Waals surface area contributed by atoms with Gasteiger partial charge in [-0.1, -0.05) is 42.5 Å². The maximum absolute atomic E-state index is 12.3. The summed E-state index contributed by atoms with van der Waals surface area (Å²) in [5.74, 6) is 0.880. The molecule has 3 aromatic carbocycles. The third kappa shape index (κ3) is 2.95. The van der Waals surface area contributed by atoms with Crippen molar-refractivity contribution in [1.29, 1.82) is 0 Å². The maximum Gasteiger partial charge on any atom is 0.167 e. The van der Waals surface area contributed by atoms with Crippen LogP contribution in [-0.2, 0) is 6.42 Å². The van der Waals surface area contributed by atoms with Crippen molar-refractivity contribution in [3.8, 4) is 5.75 Å². The van der Waals surface area contributed by atoms with Crippen LogP contribution in [-0.4, -0.2) is 12.9 Å². The third-order valence-corrected chi connectivity index (χ3v) is 3.59. The molecule has 2 heteroatoms. The SMILES string of the molecule is COc1ccc(C(=O)Cc2ccc3ccccc3c2)cc1. The Kier molecular flexibility index (Phi) is 3.69. The minimum atomic E-state index is 0.118. The zero-order valence-corrected chi connectivity index (χ0v) is 11.9. The quantitative estimate of drug-likeness (QED) is 0.665. The van der Waals surface area contributed by atoms with Crippen LogP contribution in [0.25, 0.3) is 10.8 Å². The van der Waals surface area contributed by atoms with Crippen molar-refractivity contribution in [2.24, 2.45) is 0 Å². The van der Waals surface area contributed by atoms with Crippen molar-refractivity contribution >= 4 is 16.6 Å². The topological polar surface area (TPSA) is 26.3 Å². The van der Waals surface area contributed by atoms with Crippen LogP contribution in [0.3, 0.4) is 0 Å². The Hall–Kier alpha value is -2.61. The molecular weight excluding hydrogens is 260 g/mol. The van der Waals surface area contributed by atoms with E-state index in [0.29, 0.717) is 12.0 Å². The van der Waals surface area contributed by atoms with Crippen LogP contribution in [0.5, 0.6) is 5.75 Å². The van der Waals surface area contributed by atoms with Crippen LogP contribution in [0.2, 0.25) is 0 Å². The molecule has 0 radical (unpaired) electrons. The van der Waals surface area contributed by atoms with Crippen molar-refractivity contribution in [3.05, 3.63) is 77.9 Å². The molecule has 0 heterocycles. The predicted molar refractivity (Wildman–Crippen MR) is 85.0 cm³/mol. The monoisotopic (exact) mass is 276 g/mol. The number of hydrogen-bond acceptors (Lipinski definition) is 2. The smallest absolute Gasteiger partial charge is 0.167 e. The zero-order chi connectivity index (χ0) is 14.7. The minimum Gasteiger partial charge on any atom is -0.497 e. The lowest BCUT2D eigenvalue weighted by molar-refractivity contribution is 0.0993. The molecule has 2 nitrogen and oxygen atoms in total. The number of hydrogen-bond donors (Lipinski definition) is 0. The van der Waals surface area contributed by atoms with Gasteiger partial charge in [0.2, 0.25) is 0 Å². The first-order chi connectivity index (χ1) is 10.3. The number of carbonyl (C=O) groups excluding carboxylic acids is 1. The molecule has 0 fully saturated rings. The first-order valence-corrected chi connectivity index (χ1v) is 6.91. The van der Waals surface area contributed by atoms with Gasteiger partial charge in [-0.2, -0.15) is 0 Å². The molecule has 0 bridgehead atoms. The van der Waals surface area contributed by atoms with E-state index in [2.05, 4.69) is 24.3 Å². The van der Waals surface area contributed by atoms with E-state index >= 15 is 0 Å². The van der Waals surface area contributed by atoms with E-state index in [0.717, 1.165) is 16.7 Å². The summed E-state index contributed by atoms with van der Waals surface area (Å²) in [5, 5.41) is 2.36. The Bertz CT molecular complexity index is 773. The summed E-state index contributed by atoms with van der Waals surface area (Å²) in [7, 11) is 1.62. The van der Waals surface area contributed by atoms with Crippen molar-refractivity contribution in [3.63, 3.8) is 0 Å². The average Bonchev–Trinajstić information content (AvgIpc) is 2.55. The lowest BCUT2D eigenvalue weighted by atomic mass is 10.0. The molecule has 0 aliphatic rings. The van der Waals surface area contributed by atoms with Gasteiger partial charge in [-0.05, 0) is 40.6 Å². The summed E-state index contributed by atoms with van der Waals surface area (Å²) in [6, 6.07) is 21.6. The molecular formula is C19H16O2. The van der Waals surface area contributed by atoms with Crippen molar-refractivity contribution in [1.82, 2.24) is 0 Å². The van der Waals surface area contributed by atoms with Gasteiger partial charge in [-0.15, -0.1) is 0 Å². The molecule has 0 unspecified atom stereocenters. The van der Waals surface area contributed by atoms with Crippen molar-refractivity contribution < 1.29 is 9.53 Å². The lowest BCUT2D eigenvalue weighted by Gasteiger charge is -2.05. The molecule has 0 aliphatic carbocycles. The fraction of sp³-hybridized carbons (Fsp3) is 0.105. The van der Waals surface area contributed by atoms with E-state index in [1.807, 2.05) is 42.5 Å². The normalized spacial score (nSPS) is 10.5. The molecule has 3 aromatic rings.